The molecule has 0 aliphatic heterocycles. The molecule has 0 rings (SSSR count). The second-order valence-electron chi connectivity index (χ2n) is 2.80. The zero-order valence-electron chi connectivity index (χ0n) is 9.16. The smallest absolute Gasteiger partial charge is 0.168 e. The van der Waals surface area contributed by atoms with Gasteiger partial charge in [0.15, 0.2) is 17.0 Å². The Balaban J connectivity index is 4.69. The molecular weight excluding hydrogens is 276 g/mol. The summed E-state index contributed by atoms with van der Waals surface area (Å²) in [7, 11) is 3.47. The predicted molar refractivity (Wildman–Crippen MR) is 70.7 cm³/mol. The van der Waals surface area contributed by atoms with E-state index in [9.17, 15) is 4.79 Å². The lowest BCUT2D eigenvalue weighted by Crippen LogP contribution is -2.40. The van der Waals surface area contributed by atoms with E-state index in [0.29, 0.717) is 11.8 Å². The largest absolute Gasteiger partial charge is 0.334 e. The number of carbonyl (C=O) groups is 1. The molecule has 1 atom stereocenters. The Hall–Kier alpha value is -0.470. The molecule has 0 aliphatic rings. The van der Waals surface area contributed by atoms with Crippen LogP contribution in [-0.4, -0.2) is 47.6 Å². The lowest BCUT2D eigenvalue weighted by molar-refractivity contribution is -0.120. The first kappa shape index (κ1) is 14.5. The third-order valence-electron chi connectivity index (χ3n) is 1.87. The molecule has 0 radical (unpaired) electrons. The molecule has 0 saturated heterocycles. The highest BCUT2D eigenvalue weighted by atomic mass is 79.9. The number of halogens is 1. The van der Waals surface area contributed by atoms with Gasteiger partial charge in [0, 0.05) is 25.8 Å². The summed E-state index contributed by atoms with van der Waals surface area (Å²) in [4.78, 5) is 17.5. The van der Waals surface area contributed by atoms with Crippen LogP contribution in [0.5, 0.6) is 0 Å². The molecule has 5 heteroatoms. The van der Waals surface area contributed by atoms with Crippen molar-refractivity contribution in [2.24, 2.45) is 4.99 Å². The van der Waals surface area contributed by atoms with Crippen LogP contribution in [0.3, 0.4) is 0 Å². The van der Waals surface area contributed by atoms with E-state index in [4.69, 9.17) is 6.42 Å². The zero-order valence-corrected chi connectivity index (χ0v) is 11.6. The Morgan fingerprint density at radius 1 is 1.73 bits per heavy atom. The van der Waals surface area contributed by atoms with Gasteiger partial charge in [0.2, 0.25) is 0 Å². The monoisotopic (exact) mass is 290 g/mol. The highest BCUT2D eigenvalue weighted by Gasteiger charge is 2.22. The normalized spacial score (nSPS) is 13.1. The summed E-state index contributed by atoms with van der Waals surface area (Å²) in [6.45, 7) is 0. The predicted octanol–water partition coefficient (Wildman–Crippen LogP) is 1.62. The van der Waals surface area contributed by atoms with Gasteiger partial charge < -0.3 is 4.90 Å². The topological polar surface area (TPSA) is 32.7 Å². The summed E-state index contributed by atoms with van der Waals surface area (Å²) >= 11 is 4.70. The molecule has 15 heavy (non-hydrogen) atoms. The SMILES string of the molecule is C#CC(C(=O)CCBr)N(C)C(=NC)SC. The van der Waals surface area contributed by atoms with Gasteiger partial charge in [0.05, 0.1) is 0 Å². The van der Waals surface area contributed by atoms with Crippen LogP contribution in [0.4, 0.5) is 0 Å². The van der Waals surface area contributed by atoms with Crippen LogP contribution in [0.1, 0.15) is 6.42 Å². The maximum atomic E-state index is 11.7. The Morgan fingerprint density at radius 2 is 2.33 bits per heavy atom. The molecule has 84 valence electrons. The lowest BCUT2D eigenvalue weighted by Gasteiger charge is -2.24. The van der Waals surface area contributed by atoms with E-state index in [1.807, 2.05) is 6.26 Å². The molecule has 0 amide bonds. The number of amidine groups is 1. The van der Waals surface area contributed by atoms with Gasteiger partial charge in [0.1, 0.15) is 0 Å². The number of nitrogens with zero attached hydrogens (tertiary/aromatic N) is 2. The van der Waals surface area contributed by atoms with E-state index in [2.05, 4.69) is 26.8 Å². The fourth-order valence-corrected chi connectivity index (χ4v) is 2.12. The van der Waals surface area contributed by atoms with Gasteiger partial charge in [-0.1, -0.05) is 33.6 Å². The molecule has 0 aromatic carbocycles. The minimum atomic E-state index is -0.520. The van der Waals surface area contributed by atoms with E-state index in [0.717, 1.165) is 5.17 Å². The lowest BCUT2D eigenvalue weighted by atomic mass is 10.1. The zero-order chi connectivity index (χ0) is 11.8. The van der Waals surface area contributed by atoms with E-state index in [1.165, 1.54) is 11.8 Å². The Bertz CT molecular complexity index is 286. The van der Waals surface area contributed by atoms with Crippen LogP contribution in [0, 0.1) is 12.3 Å². The molecule has 1 unspecified atom stereocenters. The fourth-order valence-electron chi connectivity index (χ4n) is 1.15. The molecule has 0 aromatic rings. The minimum absolute atomic E-state index is 0.0343. The first-order chi connectivity index (χ1) is 7.12. The second kappa shape index (κ2) is 7.77. The number of terminal acetylenes is 1. The third kappa shape index (κ3) is 4.27. The maximum absolute atomic E-state index is 11.7. The molecule has 3 nitrogen and oxygen atoms in total. The van der Waals surface area contributed by atoms with Gasteiger partial charge in [-0.05, 0) is 6.26 Å². The molecular formula is C10H15BrN2OS. The van der Waals surface area contributed by atoms with Crippen molar-refractivity contribution in [1.29, 1.82) is 0 Å². The Morgan fingerprint density at radius 3 is 2.67 bits per heavy atom. The van der Waals surface area contributed by atoms with Gasteiger partial charge in [-0.15, -0.1) is 6.42 Å². The molecule has 0 saturated carbocycles. The van der Waals surface area contributed by atoms with Crippen molar-refractivity contribution in [2.75, 3.05) is 25.7 Å². The van der Waals surface area contributed by atoms with Gasteiger partial charge in [-0.2, -0.15) is 0 Å². The van der Waals surface area contributed by atoms with Crippen LogP contribution in [0.15, 0.2) is 4.99 Å². The van der Waals surface area contributed by atoms with Gasteiger partial charge in [-0.25, -0.2) is 0 Å². The quantitative estimate of drug-likeness (QED) is 0.341. The molecule has 0 N–H and O–H groups in total. The van der Waals surface area contributed by atoms with E-state index in [-0.39, 0.29) is 5.78 Å². The molecule has 0 aliphatic carbocycles. The number of hydrogen-bond donors (Lipinski definition) is 0. The number of hydrogen-bond acceptors (Lipinski definition) is 3. The number of likely N-dealkylation sites (N-methyl/N-ethyl adjacent to an activating group) is 1. The summed E-state index contributed by atoms with van der Waals surface area (Å²) in [6, 6.07) is -0.520. The maximum Gasteiger partial charge on any atom is 0.168 e. The molecule has 0 heterocycles. The molecule has 0 aromatic heterocycles. The summed E-state index contributed by atoms with van der Waals surface area (Å²) in [5, 5.41) is 1.40. The first-order valence-corrected chi connectivity index (χ1v) is 6.75. The number of rotatable bonds is 4. The summed E-state index contributed by atoms with van der Waals surface area (Å²) in [5.41, 5.74) is 0. The number of Topliss-reactive ketones (excluding diaryl/α,β-unsaturated/α-hetero) is 1. The highest BCUT2D eigenvalue weighted by molar-refractivity contribution is 9.09. The minimum Gasteiger partial charge on any atom is -0.334 e. The average molecular weight is 291 g/mol. The van der Waals surface area contributed by atoms with E-state index in [1.54, 1.807) is 19.0 Å². The van der Waals surface area contributed by atoms with E-state index >= 15 is 0 Å². The van der Waals surface area contributed by atoms with E-state index < -0.39 is 6.04 Å². The van der Waals surface area contributed by atoms with Gasteiger partial charge in [-0.3, -0.25) is 9.79 Å². The standard InChI is InChI=1S/C10H15BrN2OS/c1-5-8(9(14)6-7-11)13(3)10(12-2)15-4/h1,8H,6-7H2,2-4H3. The fraction of sp³-hybridized carbons (Fsp3) is 0.600. The van der Waals surface area contributed by atoms with Gasteiger partial charge in [0.25, 0.3) is 0 Å². The van der Waals surface area contributed by atoms with Crippen molar-refractivity contribution >= 4 is 38.6 Å². The van der Waals surface area contributed by atoms with Crippen LogP contribution < -0.4 is 0 Å². The number of carbonyl (C=O) groups excluding carboxylic acids is 1. The van der Waals surface area contributed by atoms with Crippen LogP contribution in [-0.2, 0) is 4.79 Å². The third-order valence-corrected chi connectivity index (χ3v) is 3.10. The van der Waals surface area contributed by atoms with Crippen molar-refractivity contribution < 1.29 is 4.79 Å². The second-order valence-corrected chi connectivity index (χ2v) is 4.36. The number of aliphatic imine (C=N–C) groups is 1. The average Bonchev–Trinajstić information content (AvgIpc) is 2.21. The van der Waals surface area contributed by atoms with Crippen molar-refractivity contribution in [3.63, 3.8) is 0 Å². The summed E-state index contributed by atoms with van der Waals surface area (Å²) in [5.74, 6) is 2.53. The molecule has 0 bridgehead atoms. The molecule has 0 fully saturated rings. The van der Waals surface area contributed by atoms with Crippen molar-refractivity contribution in [3.8, 4) is 12.3 Å². The molecule has 0 spiro atoms. The number of ketones is 1. The summed E-state index contributed by atoms with van der Waals surface area (Å²) < 4.78 is 0. The number of thioether (sulfide) groups is 1. The van der Waals surface area contributed by atoms with Crippen LogP contribution in [0.25, 0.3) is 0 Å². The van der Waals surface area contributed by atoms with Gasteiger partial charge >= 0.3 is 0 Å². The van der Waals surface area contributed by atoms with Crippen molar-refractivity contribution in [3.05, 3.63) is 0 Å². The van der Waals surface area contributed by atoms with Crippen LogP contribution >= 0.6 is 27.7 Å². The van der Waals surface area contributed by atoms with Crippen molar-refractivity contribution in [2.45, 2.75) is 12.5 Å². The van der Waals surface area contributed by atoms with Crippen LogP contribution in [0.2, 0.25) is 0 Å². The highest BCUT2D eigenvalue weighted by Crippen LogP contribution is 2.09. The first-order valence-electron chi connectivity index (χ1n) is 4.40. The Labute approximate surface area is 104 Å². The Kier molecular flexibility index (Phi) is 7.53. The van der Waals surface area contributed by atoms with Crippen molar-refractivity contribution in [1.82, 2.24) is 4.90 Å². The number of alkyl halides is 1. The summed E-state index contributed by atoms with van der Waals surface area (Å²) in [6.07, 6.45) is 7.70.